The number of amides is 1. The number of thiophene rings is 1. The van der Waals surface area contributed by atoms with Crippen molar-refractivity contribution in [2.45, 2.75) is 23.4 Å². The first-order chi connectivity index (χ1) is 13.5. The van der Waals surface area contributed by atoms with Crippen molar-refractivity contribution in [2.75, 3.05) is 11.5 Å². The molecule has 0 bridgehead atoms. The Kier molecular flexibility index (Phi) is 6.88. The highest BCUT2D eigenvalue weighted by Crippen LogP contribution is 2.22. The SMILES string of the molecule is Cc1ccc(CNC(=O)c2cccnc2SCCS(=O)(=O)c2ccccc2)s1. The Balaban J connectivity index is 1.61. The predicted molar refractivity (Wildman–Crippen MR) is 114 cm³/mol. The number of hydrogen-bond donors (Lipinski definition) is 1. The van der Waals surface area contributed by atoms with Crippen LogP contribution in [0.2, 0.25) is 0 Å². The van der Waals surface area contributed by atoms with Crippen LogP contribution in [-0.2, 0) is 16.4 Å². The summed E-state index contributed by atoms with van der Waals surface area (Å²) in [6, 6.07) is 15.8. The Morgan fingerprint density at radius 2 is 1.89 bits per heavy atom. The Hall–Kier alpha value is -2.16. The van der Waals surface area contributed by atoms with Crippen molar-refractivity contribution < 1.29 is 13.2 Å². The molecule has 1 N–H and O–H groups in total. The Labute approximate surface area is 173 Å². The molecule has 3 rings (SSSR count). The van der Waals surface area contributed by atoms with Gasteiger partial charge in [-0.15, -0.1) is 23.1 Å². The van der Waals surface area contributed by atoms with Crippen LogP contribution in [0, 0.1) is 6.92 Å². The average molecular weight is 433 g/mol. The number of rotatable bonds is 8. The smallest absolute Gasteiger partial charge is 0.254 e. The van der Waals surface area contributed by atoms with Crippen molar-refractivity contribution >= 4 is 38.8 Å². The number of aromatic nitrogens is 1. The molecule has 2 aromatic heterocycles. The van der Waals surface area contributed by atoms with Crippen molar-refractivity contribution in [3.05, 3.63) is 76.1 Å². The van der Waals surface area contributed by atoms with Gasteiger partial charge in [-0.2, -0.15) is 0 Å². The molecule has 8 heteroatoms. The number of nitrogens with one attached hydrogen (secondary N) is 1. The number of sulfone groups is 1. The molecule has 0 aliphatic heterocycles. The summed E-state index contributed by atoms with van der Waals surface area (Å²) in [6.45, 7) is 2.48. The second kappa shape index (κ2) is 9.36. The number of carbonyl (C=O) groups is 1. The van der Waals surface area contributed by atoms with Gasteiger partial charge in [-0.3, -0.25) is 4.79 Å². The van der Waals surface area contributed by atoms with Crippen LogP contribution in [0.25, 0.3) is 0 Å². The van der Waals surface area contributed by atoms with Crippen LogP contribution >= 0.6 is 23.1 Å². The van der Waals surface area contributed by atoms with E-state index in [1.54, 1.807) is 60.0 Å². The van der Waals surface area contributed by atoms with Gasteiger partial charge >= 0.3 is 0 Å². The van der Waals surface area contributed by atoms with Gasteiger partial charge in [0.1, 0.15) is 5.03 Å². The van der Waals surface area contributed by atoms with E-state index in [0.29, 0.717) is 27.8 Å². The number of pyridine rings is 1. The van der Waals surface area contributed by atoms with Gasteiger partial charge in [-0.25, -0.2) is 13.4 Å². The molecule has 0 saturated heterocycles. The zero-order chi connectivity index (χ0) is 20.0. The number of hydrogen-bond acceptors (Lipinski definition) is 6. The number of benzene rings is 1. The topological polar surface area (TPSA) is 76.1 Å². The number of carbonyl (C=O) groups excluding carboxylic acids is 1. The van der Waals surface area contributed by atoms with Gasteiger partial charge in [0.2, 0.25) is 0 Å². The minimum Gasteiger partial charge on any atom is -0.347 e. The molecule has 1 aromatic carbocycles. The fourth-order valence-corrected chi connectivity index (χ4v) is 6.01. The van der Waals surface area contributed by atoms with E-state index in [0.717, 1.165) is 4.88 Å². The molecule has 1 amide bonds. The highest BCUT2D eigenvalue weighted by Gasteiger charge is 2.16. The van der Waals surface area contributed by atoms with Gasteiger partial charge in [0.05, 0.1) is 22.8 Å². The minimum atomic E-state index is -3.36. The Morgan fingerprint density at radius 3 is 2.61 bits per heavy atom. The minimum absolute atomic E-state index is 0.0201. The lowest BCUT2D eigenvalue weighted by atomic mass is 10.2. The summed E-state index contributed by atoms with van der Waals surface area (Å²) in [7, 11) is -3.36. The van der Waals surface area contributed by atoms with E-state index in [-0.39, 0.29) is 11.7 Å². The first-order valence-electron chi connectivity index (χ1n) is 8.65. The standard InChI is InChI=1S/C20H20N2O3S3/c1-15-9-10-16(27-15)14-22-19(23)18-8-5-11-21-20(18)26-12-13-28(24,25)17-6-3-2-4-7-17/h2-11H,12-14H2,1H3,(H,22,23). The molecule has 0 spiro atoms. The Bertz CT molecular complexity index is 1050. The van der Waals surface area contributed by atoms with Crippen LogP contribution in [0.3, 0.4) is 0 Å². The van der Waals surface area contributed by atoms with Crippen LogP contribution < -0.4 is 5.32 Å². The lowest BCUT2D eigenvalue weighted by molar-refractivity contribution is 0.0947. The summed E-state index contributed by atoms with van der Waals surface area (Å²) in [5.74, 6) is 0.0828. The van der Waals surface area contributed by atoms with Crippen molar-refractivity contribution in [1.82, 2.24) is 10.3 Å². The quantitative estimate of drug-likeness (QED) is 0.546. The lowest BCUT2D eigenvalue weighted by Gasteiger charge is -2.09. The normalized spacial score (nSPS) is 11.3. The van der Waals surface area contributed by atoms with E-state index < -0.39 is 9.84 Å². The van der Waals surface area contributed by atoms with Crippen molar-refractivity contribution in [1.29, 1.82) is 0 Å². The first-order valence-corrected chi connectivity index (χ1v) is 12.1. The number of thioether (sulfide) groups is 1. The van der Waals surface area contributed by atoms with E-state index in [1.165, 1.54) is 16.6 Å². The fourth-order valence-electron chi connectivity index (χ4n) is 2.52. The zero-order valence-corrected chi connectivity index (χ0v) is 17.7. The maximum Gasteiger partial charge on any atom is 0.254 e. The third-order valence-corrected chi connectivity index (χ3v) is 7.93. The molecule has 2 heterocycles. The molecule has 0 radical (unpaired) electrons. The van der Waals surface area contributed by atoms with E-state index >= 15 is 0 Å². The molecule has 0 saturated carbocycles. The summed E-state index contributed by atoms with van der Waals surface area (Å²) in [5.41, 5.74) is 0.456. The van der Waals surface area contributed by atoms with Gasteiger partial charge in [-0.1, -0.05) is 18.2 Å². The fraction of sp³-hybridized carbons (Fsp3) is 0.200. The molecule has 0 aliphatic rings. The summed E-state index contributed by atoms with van der Waals surface area (Å²) < 4.78 is 24.8. The molecule has 0 atom stereocenters. The molecule has 5 nitrogen and oxygen atoms in total. The zero-order valence-electron chi connectivity index (χ0n) is 15.3. The van der Waals surface area contributed by atoms with E-state index in [4.69, 9.17) is 0 Å². The van der Waals surface area contributed by atoms with Gasteiger partial charge in [0.15, 0.2) is 9.84 Å². The molecule has 28 heavy (non-hydrogen) atoms. The third-order valence-electron chi connectivity index (χ3n) is 3.93. The Morgan fingerprint density at radius 1 is 1.11 bits per heavy atom. The first kappa shape index (κ1) is 20.6. The van der Waals surface area contributed by atoms with Crippen LogP contribution in [0.15, 0.2) is 70.7 Å². The number of nitrogens with zero attached hydrogens (tertiary/aromatic N) is 1. The second-order valence-corrected chi connectivity index (χ2v) is 10.6. The highest BCUT2D eigenvalue weighted by atomic mass is 32.2. The molecule has 146 valence electrons. The summed E-state index contributed by atoms with van der Waals surface area (Å²) in [6.07, 6.45) is 1.60. The van der Waals surface area contributed by atoms with Crippen molar-refractivity contribution in [3.8, 4) is 0 Å². The molecule has 0 fully saturated rings. The average Bonchev–Trinajstić information content (AvgIpc) is 3.12. The highest BCUT2D eigenvalue weighted by molar-refractivity contribution is 8.00. The van der Waals surface area contributed by atoms with E-state index in [2.05, 4.69) is 10.3 Å². The molecule has 0 aliphatic carbocycles. The molecular formula is C20H20N2O3S3. The maximum absolute atomic E-state index is 12.5. The maximum atomic E-state index is 12.5. The number of aryl methyl sites for hydroxylation is 1. The monoisotopic (exact) mass is 432 g/mol. The van der Waals surface area contributed by atoms with Crippen LogP contribution in [0.1, 0.15) is 20.1 Å². The molecule has 3 aromatic rings. The van der Waals surface area contributed by atoms with Gasteiger partial charge < -0.3 is 5.32 Å². The summed E-state index contributed by atoms with van der Waals surface area (Å²) >= 11 is 2.92. The van der Waals surface area contributed by atoms with Crippen LogP contribution in [-0.4, -0.2) is 30.8 Å². The van der Waals surface area contributed by atoms with Crippen molar-refractivity contribution in [3.63, 3.8) is 0 Å². The molecular weight excluding hydrogens is 412 g/mol. The second-order valence-electron chi connectivity index (χ2n) is 6.03. The van der Waals surface area contributed by atoms with E-state index in [9.17, 15) is 13.2 Å². The predicted octanol–water partition coefficient (Wildman–Crippen LogP) is 3.95. The van der Waals surface area contributed by atoms with Gasteiger partial charge in [0, 0.05) is 21.7 Å². The van der Waals surface area contributed by atoms with Crippen LogP contribution in [0.4, 0.5) is 0 Å². The summed E-state index contributed by atoms with van der Waals surface area (Å²) in [5, 5.41) is 3.43. The molecule has 0 unspecified atom stereocenters. The largest absolute Gasteiger partial charge is 0.347 e. The van der Waals surface area contributed by atoms with Gasteiger partial charge in [-0.05, 0) is 43.3 Å². The summed E-state index contributed by atoms with van der Waals surface area (Å²) in [4.78, 5) is 19.4. The third kappa shape index (κ3) is 5.43. The van der Waals surface area contributed by atoms with Crippen molar-refractivity contribution in [2.24, 2.45) is 0 Å². The lowest BCUT2D eigenvalue weighted by Crippen LogP contribution is -2.23. The van der Waals surface area contributed by atoms with E-state index in [1.807, 2.05) is 19.1 Å². The van der Waals surface area contributed by atoms with Gasteiger partial charge in [0.25, 0.3) is 5.91 Å². The van der Waals surface area contributed by atoms with Crippen LogP contribution in [0.5, 0.6) is 0 Å².